The molecular weight excluding hydrogens is 307 g/mol. The van der Waals surface area contributed by atoms with Gasteiger partial charge in [0.25, 0.3) is 0 Å². The van der Waals surface area contributed by atoms with Crippen molar-refractivity contribution in [2.75, 3.05) is 17.7 Å². The van der Waals surface area contributed by atoms with Crippen molar-refractivity contribution >= 4 is 40.5 Å². The molecule has 0 aliphatic heterocycles. The van der Waals surface area contributed by atoms with Gasteiger partial charge in [-0.3, -0.25) is 0 Å². The van der Waals surface area contributed by atoms with Crippen molar-refractivity contribution in [3.05, 3.63) is 39.6 Å². The largest absolute Gasteiger partial charge is 0.373 e. The van der Waals surface area contributed by atoms with E-state index in [-0.39, 0.29) is 0 Å². The summed E-state index contributed by atoms with van der Waals surface area (Å²) in [5.74, 6) is 2.42. The number of aryl methyl sites for hydroxylation is 1. The Labute approximate surface area is 134 Å². The summed E-state index contributed by atoms with van der Waals surface area (Å²) in [5, 5.41) is 7.42. The molecule has 0 amide bonds. The van der Waals surface area contributed by atoms with Crippen molar-refractivity contribution in [2.24, 2.45) is 0 Å². The van der Waals surface area contributed by atoms with Crippen LogP contribution in [0.1, 0.15) is 24.7 Å². The molecule has 0 aliphatic carbocycles. The van der Waals surface area contributed by atoms with E-state index in [4.69, 9.17) is 23.2 Å². The molecule has 4 nitrogen and oxygen atoms in total. The predicted molar refractivity (Wildman–Crippen MR) is 90.1 cm³/mol. The summed E-state index contributed by atoms with van der Waals surface area (Å²) in [7, 11) is 1.86. The Balaban J connectivity index is 2.37. The van der Waals surface area contributed by atoms with Crippen LogP contribution in [0.15, 0.2) is 18.2 Å². The normalized spacial score (nSPS) is 10.5. The summed E-state index contributed by atoms with van der Waals surface area (Å²) < 4.78 is 0. The lowest BCUT2D eigenvalue weighted by Gasteiger charge is -2.14. The SMILES string of the molecule is CCCc1nc(NC)c(C)c(Nc2ccc(Cl)c(Cl)c2)n1. The first-order chi connectivity index (χ1) is 10.0. The lowest BCUT2D eigenvalue weighted by molar-refractivity contribution is 0.835. The van der Waals surface area contributed by atoms with E-state index in [1.54, 1.807) is 12.1 Å². The monoisotopic (exact) mass is 324 g/mol. The molecule has 1 aromatic heterocycles. The molecule has 0 spiro atoms. The molecule has 0 fully saturated rings. The van der Waals surface area contributed by atoms with Crippen LogP contribution < -0.4 is 10.6 Å². The number of nitrogens with zero attached hydrogens (tertiary/aromatic N) is 2. The highest BCUT2D eigenvalue weighted by Crippen LogP contribution is 2.28. The van der Waals surface area contributed by atoms with Crippen LogP contribution in [0, 0.1) is 6.92 Å². The van der Waals surface area contributed by atoms with Gasteiger partial charge in [0.05, 0.1) is 10.0 Å². The Morgan fingerprint density at radius 2 is 1.81 bits per heavy atom. The summed E-state index contributed by atoms with van der Waals surface area (Å²) in [6.07, 6.45) is 1.84. The molecule has 0 radical (unpaired) electrons. The Hall–Kier alpha value is -1.52. The number of hydrogen-bond acceptors (Lipinski definition) is 4. The molecule has 1 heterocycles. The van der Waals surface area contributed by atoms with Gasteiger partial charge in [0.1, 0.15) is 17.5 Å². The van der Waals surface area contributed by atoms with E-state index < -0.39 is 0 Å². The van der Waals surface area contributed by atoms with Crippen LogP contribution in [0.4, 0.5) is 17.3 Å². The van der Waals surface area contributed by atoms with Gasteiger partial charge < -0.3 is 10.6 Å². The maximum absolute atomic E-state index is 6.04. The van der Waals surface area contributed by atoms with Gasteiger partial charge >= 0.3 is 0 Å². The van der Waals surface area contributed by atoms with E-state index in [9.17, 15) is 0 Å². The fraction of sp³-hybridized carbons (Fsp3) is 0.333. The third-order valence-electron chi connectivity index (χ3n) is 3.08. The number of nitrogens with one attached hydrogen (secondary N) is 2. The minimum atomic E-state index is 0.510. The highest BCUT2D eigenvalue weighted by molar-refractivity contribution is 6.42. The molecule has 2 aromatic rings. The second-order valence-electron chi connectivity index (χ2n) is 4.72. The Morgan fingerprint density at radius 3 is 2.43 bits per heavy atom. The average molecular weight is 325 g/mol. The quantitative estimate of drug-likeness (QED) is 0.827. The van der Waals surface area contributed by atoms with Crippen LogP contribution in [0.2, 0.25) is 10.0 Å². The van der Waals surface area contributed by atoms with Crippen molar-refractivity contribution in [3.63, 3.8) is 0 Å². The highest BCUT2D eigenvalue weighted by atomic mass is 35.5. The zero-order valence-corrected chi connectivity index (χ0v) is 13.8. The molecule has 6 heteroatoms. The molecule has 0 bridgehead atoms. The van der Waals surface area contributed by atoms with Gasteiger partial charge in [0, 0.05) is 24.7 Å². The summed E-state index contributed by atoms with van der Waals surface area (Å²) >= 11 is 12.0. The maximum Gasteiger partial charge on any atom is 0.139 e. The van der Waals surface area contributed by atoms with Crippen molar-refractivity contribution in [2.45, 2.75) is 26.7 Å². The second-order valence-corrected chi connectivity index (χ2v) is 5.53. The van der Waals surface area contributed by atoms with Crippen LogP contribution in [0.5, 0.6) is 0 Å². The Morgan fingerprint density at radius 1 is 1.10 bits per heavy atom. The minimum Gasteiger partial charge on any atom is -0.373 e. The highest BCUT2D eigenvalue weighted by Gasteiger charge is 2.10. The molecule has 2 rings (SSSR count). The maximum atomic E-state index is 6.04. The lowest BCUT2D eigenvalue weighted by atomic mass is 10.2. The predicted octanol–water partition coefficient (Wildman–Crippen LogP) is 4.83. The van der Waals surface area contributed by atoms with Gasteiger partial charge in [0.15, 0.2) is 0 Å². The van der Waals surface area contributed by atoms with Gasteiger partial charge in [-0.1, -0.05) is 30.1 Å². The third kappa shape index (κ3) is 3.77. The molecule has 0 unspecified atom stereocenters. The number of benzene rings is 1. The molecular formula is C15H18Cl2N4. The number of halogens is 2. The first-order valence-corrected chi connectivity index (χ1v) is 7.58. The fourth-order valence-electron chi connectivity index (χ4n) is 1.97. The Bertz CT molecular complexity index is 644. The summed E-state index contributed by atoms with van der Waals surface area (Å²) in [6.45, 7) is 4.08. The first-order valence-electron chi connectivity index (χ1n) is 6.82. The fourth-order valence-corrected chi connectivity index (χ4v) is 2.27. The van der Waals surface area contributed by atoms with E-state index in [0.29, 0.717) is 10.0 Å². The summed E-state index contributed by atoms with van der Waals surface area (Å²) in [5.41, 5.74) is 1.80. The van der Waals surface area contributed by atoms with Crippen LogP contribution in [-0.4, -0.2) is 17.0 Å². The number of rotatable bonds is 5. The van der Waals surface area contributed by atoms with Crippen LogP contribution in [0.3, 0.4) is 0 Å². The van der Waals surface area contributed by atoms with Gasteiger partial charge in [-0.2, -0.15) is 0 Å². The molecule has 21 heavy (non-hydrogen) atoms. The standard InChI is InChI=1S/C15H18Cl2N4/c1-4-5-13-20-14(18-3)9(2)15(21-13)19-10-6-7-11(16)12(17)8-10/h6-8H,4-5H2,1-3H3,(H2,18,19,20,21). The van der Waals surface area contributed by atoms with Gasteiger partial charge in [0.2, 0.25) is 0 Å². The number of hydrogen-bond donors (Lipinski definition) is 2. The zero-order chi connectivity index (χ0) is 15.4. The zero-order valence-electron chi connectivity index (χ0n) is 12.3. The smallest absolute Gasteiger partial charge is 0.139 e. The molecule has 0 atom stereocenters. The summed E-state index contributed by atoms with van der Waals surface area (Å²) in [4.78, 5) is 9.08. The first kappa shape index (κ1) is 15.9. The molecule has 0 saturated carbocycles. The van der Waals surface area contributed by atoms with E-state index in [1.165, 1.54) is 0 Å². The van der Waals surface area contributed by atoms with Crippen molar-refractivity contribution < 1.29 is 0 Å². The molecule has 0 saturated heterocycles. The van der Waals surface area contributed by atoms with Crippen LogP contribution in [0.25, 0.3) is 0 Å². The van der Waals surface area contributed by atoms with E-state index in [1.807, 2.05) is 20.0 Å². The topological polar surface area (TPSA) is 49.8 Å². The van der Waals surface area contributed by atoms with Crippen molar-refractivity contribution in [1.29, 1.82) is 0 Å². The van der Waals surface area contributed by atoms with Gasteiger partial charge in [-0.25, -0.2) is 9.97 Å². The summed E-state index contributed by atoms with van der Waals surface area (Å²) in [6, 6.07) is 5.41. The van der Waals surface area contributed by atoms with Crippen LogP contribution in [-0.2, 0) is 6.42 Å². The van der Waals surface area contributed by atoms with Crippen LogP contribution >= 0.6 is 23.2 Å². The van der Waals surface area contributed by atoms with Crippen molar-refractivity contribution in [3.8, 4) is 0 Å². The van der Waals surface area contributed by atoms with E-state index in [0.717, 1.165) is 41.6 Å². The minimum absolute atomic E-state index is 0.510. The van der Waals surface area contributed by atoms with Gasteiger partial charge in [-0.05, 0) is 31.5 Å². The average Bonchev–Trinajstić information content (AvgIpc) is 2.46. The Kier molecular flexibility index (Phi) is 5.26. The lowest BCUT2D eigenvalue weighted by Crippen LogP contribution is -2.07. The number of aromatic nitrogens is 2. The van der Waals surface area contributed by atoms with E-state index >= 15 is 0 Å². The molecule has 1 aromatic carbocycles. The second kappa shape index (κ2) is 6.96. The van der Waals surface area contributed by atoms with Crippen molar-refractivity contribution in [1.82, 2.24) is 9.97 Å². The van der Waals surface area contributed by atoms with E-state index in [2.05, 4.69) is 27.5 Å². The third-order valence-corrected chi connectivity index (χ3v) is 3.82. The molecule has 112 valence electrons. The number of anilines is 3. The van der Waals surface area contributed by atoms with Gasteiger partial charge in [-0.15, -0.1) is 0 Å². The molecule has 2 N–H and O–H groups in total. The molecule has 0 aliphatic rings.